The molecule has 0 spiro atoms. The van der Waals surface area contributed by atoms with Crippen LogP contribution in [0.2, 0.25) is 0 Å². The molecule has 5 heteroatoms. The third kappa shape index (κ3) is 3.44. The van der Waals surface area contributed by atoms with Crippen LogP contribution in [-0.2, 0) is 14.4 Å². The predicted octanol–water partition coefficient (Wildman–Crippen LogP) is 0.126. The molecule has 1 aliphatic heterocycles. The van der Waals surface area contributed by atoms with Crippen LogP contribution in [0.1, 0.15) is 13.8 Å². The number of carbonyl (C=O) groups excluding carboxylic acids is 3. The quantitative estimate of drug-likeness (QED) is 0.343. The van der Waals surface area contributed by atoms with Gasteiger partial charge in [0.2, 0.25) is 6.08 Å². The molecule has 0 radical (unpaired) electrons. The molecule has 70 valence electrons. The lowest BCUT2D eigenvalue weighted by molar-refractivity contribution is -0.124. The third-order valence-corrected chi connectivity index (χ3v) is 1.41. The summed E-state index contributed by atoms with van der Waals surface area (Å²) in [6.07, 6.45) is 2.10. The molecule has 5 nitrogen and oxygen atoms in total. The molecule has 0 saturated carbocycles. The molecule has 0 aromatic heterocycles. The number of hydrogen-bond donors (Lipinski definition) is 2. The van der Waals surface area contributed by atoms with Crippen LogP contribution < -0.4 is 5.32 Å². The number of amides is 2. The summed E-state index contributed by atoms with van der Waals surface area (Å²) in [6, 6.07) is 0. The van der Waals surface area contributed by atoms with E-state index in [2.05, 4.69) is 5.32 Å². The van der Waals surface area contributed by atoms with Crippen molar-refractivity contribution in [1.29, 1.82) is 5.41 Å². The topological polar surface area (TPSA) is 87.1 Å². The molecular weight excluding hydrogens is 172 g/mol. The summed E-state index contributed by atoms with van der Waals surface area (Å²) >= 11 is 0. The van der Waals surface area contributed by atoms with Gasteiger partial charge in [-0.25, -0.2) is 10.2 Å². The second-order valence-electron chi connectivity index (χ2n) is 2.67. The minimum Gasteiger partial charge on any atom is -0.289 e. The average Bonchev–Trinajstić information content (AvgIpc) is 2.31. The molecule has 13 heavy (non-hydrogen) atoms. The molecular formula is C8H10N2O3. The summed E-state index contributed by atoms with van der Waals surface area (Å²) in [7, 11) is 0. The SMILES string of the molecule is CC(C)C1=CC(=O)NC1=O.N=C=O. The second-order valence-corrected chi connectivity index (χ2v) is 2.67. The minimum atomic E-state index is -0.297. The zero-order valence-corrected chi connectivity index (χ0v) is 7.38. The lowest BCUT2D eigenvalue weighted by atomic mass is 10.0. The number of hydrogen-bond acceptors (Lipinski definition) is 4. The van der Waals surface area contributed by atoms with Gasteiger partial charge in [0, 0.05) is 11.6 Å². The van der Waals surface area contributed by atoms with Gasteiger partial charge in [0.05, 0.1) is 0 Å². The van der Waals surface area contributed by atoms with E-state index in [1.807, 2.05) is 13.8 Å². The van der Waals surface area contributed by atoms with Gasteiger partial charge in [-0.2, -0.15) is 0 Å². The fourth-order valence-electron chi connectivity index (χ4n) is 0.856. The van der Waals surface area contributed by atoms with Gasteiger partial charge in [0.1, 0.15) is 0 Å². The zero-order chi connectivity index (χ0) is 10.4. The average molecular weight is 182 g/mol. The Bertz CT molecular complexity index is 286. The first-order valence-electron chi connectivity index (χ1n) is 3.63. The van der Waals surface area contributed by atoms with Crippen LogP contribution in [0.25, 0.3) is 0 Å². The lowest BCUT2D eigenvalue weighted by Gasteiger charge is -2.00. The highest BCUT2D eigenvalue weighted by atomic mass is 16.2. The Morgan fingerprint density at radius 3 is 2.08 bits per heavy atom. The van der Waals surface area contributed by atoms with Gasteiger partial charge in [-0.1, -0.05) is 13.8 Å². The van der Waals surface area contributed by atoms with Crippen molar-refractivity contribution in [3.63, 3.8) is 0 Å². The molecule has 1 rings (SSSR count). The summed E-state index contributed by atoms with van der Waals surface area (Å²) in [4.78, 5) is 29.7. The number of carbonyl (C=O) groups is 2. The number of rotatable bonds is 1. The van der Waals surface area contributed by atoms with Crippen molar-refractivity contribution >= 4 is 17.9 Å². The molecule has 2 amide bonds. The first kappa shape index (κ1) is 11.3. The van der Waals surface area contributed by atoms with Gasteiger partial charge in [-0.05, 0) is 5.92 Å². The standard InChI is InChI=1S/C7H9NO2.CHNO/c1-4(2)5-3-6(9)8-7(5)10;2-1-3/h3-4H,1-2H3,(H,8,9,10);2H. The first-order chi connectivity index (χ1) is 6.02. The van der Waals surface area contributed by atoms with Crippen LogP contribution in [-0.4, -0.2) is 17.9 Å². The van der Waals surface area contributed by atoms with E-state index in [-0.39, 0.29) is 17.7 Å². The molecule has 0 fully saturated rings. The molecule has 0 aliphatic carbocycles. The summed E-state index contributed by atoms with van der Waals surface area (Å²) in [5.74, 6) is -0.417. The summed E-state index contributed by atoms with van der Waals surface area (Å²) in [6.45, 7) is 3.76. The third-order valence-electron chi connectivity index (χ3n) is 1.41. The molecule has 2 N–H and O–H groups in total. The van der Waals surface area contributed by atoms with Crippen molar-refractivity contribution in [2.75, 3.05) is 0 Å². The normalized spacial score (nSPS) is 14.2. The highest BCUT2D eigenvalue weighted by Gasteiger charge is 2.22. The van der Waals surface area contributed by atoms with E-state index in [1.54, 1.807) is 0 Å². The maximum Gasteiger partial charge on any atom is 0.254 e. The van der Waals surface area contributed by atoms with Gasteiger partial charge >= 0.3 is 0 Å². The Morgan fingerprint density at radius 2 is 1.92 bits per heavy atom. The van der Waals surface area contributed by atoms with Crippen molar-refractivity contribution in [3.8, 4) is 0 Å². The Morgan fingerprint density at radius 1 is 1.46 bits per heavy atom. The van der Waals surface area contributed by atoms with Gasteiger partial charge in [-0.3, -0.25) is 14.9 Å². The van der Waals surface area contributed by atoms with E-state index < -0.39 is 0 Å². The van der Waals surface area contributed by atoms with E-state index in [0.29, 0.717) is 5.57 Å². The number of isocyanates is 1. The number of imide groups is 1. The highest BCUT2D eigenvalue weighted by Crippen LogP contribution is 2.12. The highest BCUT2D eigenvalue weighted by molar-refractivity contribution is 6.16. The molecule has 0 bridgehead atoms. The van der Waals surface area contributed by atoms with Crippen LogP contribution in [0.15, 0.2) is 11.6 Å². The van der Waals surface area contributed by atoms with E-state index in [9.17, 15) is 9.59 Å². The fraction of sp³-hybridized carbons (Fsp3) is 0.375. The maximum absolute atomic E-state index is 10.8. The van der Waals surface area contributed by atoms with Gasteiger partial charge in [0.25, 0.3) is 11.8 Å². The number of nitrogens with one attached hydrogen (secondary N) is 2. The van der Waals surface area contributed by atoms with E-state index in [4.69, 9.17) is 10.2 Å². The Labute approximate surface area is 75.3 Å². The maximum atomic E-state index is 10.8. The smallest absolute Gasteiger partial charge is 0.254 e. The fourth-order valence-corrected chi connectivity index (χ4v) is 0.856. The first-order valence-corrected chi connectivity index (χ1v) is 3.63. The Hall–Kier alpha value is -1.74. The molecule has 0 unspecified atom stereocenters. The summed E-state index contributed by atoms with van der Waals surface area (Å²) in [5, 5.41) is 7.58. The minimum absolute atomic E-state index is 0.131. The van der Waals surface area contributed by atoms with Crippen molar-refractivity contribution in [3.05, 3.63) is 11.6 Å². The van der Waals surface area contributed by atoms with E-state index in [1.165, 1.54) is 6.08 Å². The monoisotopic (exact) mass is 182 g/mol. The van der Waals surface area contributed by atoms with Crippen LogP contribution in [0, 0.1) is 11.3 Å². The van der Waals surface area contributed by atoms with Crippen LogP contribution in [0.3, 0.4) is 0 Å². The molecule has 0 saturated heterocycles. The van der Waals surface area contributed by atoms with Crippen molar-refractivity contribution in [1.82, 2.24) is 5.32 Å². The van der Waals surface area contributed by atoms with Crippen LogP contribution in [0.4, 0.5) is 0 Å². The van der Waals surface area contributed by atoms with Gasteiger partial charge in [-0.15, -0.1) is 0 Å². The molecule has 0 atom stereocenters. The lowest BCUT2D eigenvalue weighted by Crippen LogP contribution is -2.23. The summed E-state index contributed by atoms with van der Waals surface area (Å²) in [5.41, 5.74) is 0.574. The second kappa shape index (κ2) is 5.00. The van der Waals surface area contributed by atoms with Crippen molar-refractivity contribution in [2.45, 2.75) is 13.8 Å². The van der Waals surface area contributed by atoms with Crippen LogP contribution in [0.5, 0.6) is 0 Å². The largest absolute Gasteiger partial charge is 0.289 e. The molecule has 1 aliphatic rings. The predicted molar refractivity (Wildman–Crippen MR) is 44.5 cm³/mol. The van der Waals surface area contributed by atoms with Crippen LogP contribution >= 0.6 is 0 Å². The van der Waals surface area contributed by atoms with Gasteiger partial charge < -0.3 is 0 Å². The Kier molecular flexibility index (Phi) is 4.33. The van der Waals surface area contributed by atoms with Gasteiger partial charge in [0.15, 0.2) is 0 Å². The van der Waals surface area contributed by atoms with Crippen molar-refractivity contribution in [2.24, 2.45) is 5.92 Å². The Balaban J connectivity index is 0.000000424. The molecule has 1 heterocycles. The summed E-state index contributed by atoms with van der Waals surface area (Å²) < 4.78 is 0. The molecule has 0 aromatic rings. The van der Waals surface area contributed by atoms with E-state index in [0.717, 1.165) is 6.08 Å². The molecule has 0 aromatic carbocycles. The van der Waals surface area contributed by atoms with E-state index >= 15 is 0 Å². The van der Waals surface area contributed by atoms with Crippen molar-refractivity contribution < 1.29 is 14.4 Å². The zero-order valence-electron chi connectivity index (χ0n) is 7.38.